The summed E-state index contributed by atoms with van der Waals surface area (Å²) in [6.07, 6.45) is 1.77. The third-order valence-corrected chi connectivity index (χ3v) is 3.42. The number of hydrogen-bond acceptors (Lipinski definition) is 6. The van der Waals surface area contributed by atoms with Gasteiger partial charge in [-0.15, -0.1) is 0 Å². The number of aromatic nitrogens is 4. The van der Waals surface area contributed by atoms with E-state index in [0.717, 1.165) is 17.9 Å². The van der Waals surface area contributed by atoms with Crippen molar-refractivity contribution in [2.45, 2.75) is 26.8 Å². The number of imidazole rings is 1. The number of benzene rings is 1. The van der Waals surface area contributed by atoms with Crippen molar-refractivity contribution < 1.29 is 5.11 Å². The molecule has 0 saturated heterocycles. The first-order valence-electron chi connectivity index (χ1n) is 7.63. The van der Waals surface area contributed by atoms with Crippen molar-refractivity contribution in [2.75, 3.05) is 17.2 Å². The summed E-state index contributed by atoms with van der Waals surface area (Å²) in [6.45, 7) is 6.89. The van der Waals surface area contributed by atoms with Crippen LogP contribution in [0.15, 0.2) is 30.6 Å². The Kier molecular flexibility index (Phi) is 4.01. The smallest absolute Gasteiger partial charge is 0.226 e. The molecule has 0 bridgehead atoms. The van der Waals surface area contributed by atoms with Gasteiger partial charge >= 0.3 is 0 Å². The molecule has 3 aromatic rings. The molecule has 0 aliphatic rings. The van der Waals surface area contributed by atoms with Gasteiger partial charge in [0.25, 0.3) is 0 Å². The second-order valence-electron chi connectivity index (χ2n) is 5.52. The van der Waals surface area contributed by atoms with E-state index in [9.17, 15) is 5.11 Å². The van der Waals surface area contributed by atoms with E-state index >= 15 is 0 Å². The van der Waals surface area contributed by atoms with E-state index < -0.39 is 0 Å². The Morgan fingerprint density at radius 3 is 2.78 bits per heavy atom. The average Bonchev–Trinajstić information content (AvgIpc) is 2.92. The number of hydrogen-bond donors (Lipinski definition) is 3. The second-order valence-corrected chi connectivity index (χ2v) is 5.52. The van der Waals surface area contributed by atoms with Crippen LogP contribution in [0.2, 0.25) is 0 Å². The molecule has 7 heteroatoms. The van der Waals surface area contributed by atoms with E-state index in [-0.39, 0.29) is 11.8 Å². The maximum atomic E-state index is 9.62. The Bertz CT molecular complexity index is 827. The van der Waals surface area contributed by atoms with Gasteiger partial charge in [-0.2, -0.15) is 9.97 Å². The molecule has 7 nitrogen and oxygen atoms in total. The summed E-state index contributed by atoms with van der Waals surface area (Å²) >= 11 is 0. The number of aromatic hydroxyl groups is 1. The van der Waals surface area contributed by atoms with Crippen molar-refractivity contribution >= 4 is 28.6 Å². The SMILES string of the molecule is CCNc1nc(Nc2cccc(O)c2)c2ncn(C(C)C)c2n1. The van der Waals surface area contributed by atoms with Crippen LogP contribution in [0.4, 0.5) is 17.5 Å². The lowest BCUT2D eigenvalue weighted by Crippen LogP contribution is -2.07. The molecular formula is C16H20N6O. The van der Waals surface area contributed by atoms with Crippen LogP contribution in [0.5, 0.6) is 5.75 Å². The van der Waals surface area contributed by atoms with E-state index in [1.54, 1.807) is 24.5 Å². The highest BCUT2D eigenvalue weighted by Crippen LogP contribution is 2.27. The molecule has 0 radical (unpaired) electrons. The Morgan fingerprint density at radius 2 is 2.09 bits per heavy atom. The Labute approximate surface area is 134 Å². The van der Waals surface area contributed by atoms with Crippen LogP contribution in [-0.4, -0.2) is 31.2 Å². The van der Waals surface area contributed by atoms with Gasteiger partial charge in [0.2, 0.25) is 5.95 Å². The van der Waals surface area contributed by atoms with E-state index in [1.807, 2.05) is 17.6 Å². The molecule has 2 heterocycles. The molecule has 0 spiro atoms. The fourth-order valence-corrected chi connectivity index (χ4v) is 2.34. The summed E-state index contributed by atoms with van der Waals surface area (Å²) in [6, 6.07) is 7.14. The lowest BCUT2D eigenvalue weighted by Gasteiger charge is -2.11. The first-order chi connectivity index (χ1) is 11.1. The van der Waals surface area contributed by atoms with E-state index in [1.165, 1.54) is 0 Å². The summed E-state index contributed by atoms with van der Waals surface area (Å²) in [5.74, 6) is 1.35. The van der Waals surface area contributed by atoms with Crippen LogP contribution in [0.3, 0.4) is 0 Å². The van der Waals surface area contributed by atoms with Crippen molar-refractivity contribution in [1.82, 2.24) is 19.5 Å². The molecule has 3 rings (SSSR count). The number of rotatable bonds is 5. The van der Waals surface area contributed by atoms with Crippen molar-refractivity contribution in [3.8, 4) is 5.75 Å². The summed E-state index contributed by atoms with van der Waals surface area (Å²) in [5.41, 5.74) is 2.21. The quantitative estimate of drug-likeness (QED) is 0.670. The van der Waals surface area contributed by atoms with Crippen molar-refractivity contribution in [1.29, 1.82) is 0 Å². The molecule has 0 aliphatic carbocycles. The lowest BCUT2D eigenvalue weighted by molar-refractivity contribution is 0.475. The average molecular weight is 312 g/mol. The van der Waals surface area contributed by atoms with Gasteiger partial charge in [-0.05, 0) is 32.9 Å². The molecule has 3 N–H and O–H groups in total. The van der Waals surface area contributed by atoms with Crippen LogP contribution >= 0.6 is 0 Å². The first-order valence-corrected chi connectivity index (χ1v) is 7.63. The number of nitrogens with one attached hydrogen (secondary N) is 2. The number of anilines is 3. The standard InChI is InChI=1S/C16H20N6O/c1-4-17-16-20-14(19-11-6-5-7-12(23)8-11)13-15(21-16)22(9-18-13)10(2)3/h5-10,23H,4H2,1-3H3,(H2,17,19,20,21). The molecule has 0 aliphatic heterocycles. The zero-order valence-corrected chi connectivity index (χ0v) is 13.4. The van der Waals surface area contributed by atoms with Crippen molar-refractivity contribution in [2.24, 2.45) is 0 Å². The van der Waals surface area contributed by atoms with Gasteiger partial charge in [0.05, 0.1) is 6.33 Å². The Morgan fingerprint density at radius 1 is 1.26 bits per heavy atom. The largest absolute Gasteiger partial charge is 0.508 e. The second kappa shape index (κ2) is 6.12. The van der Waals surface area contributed by atoms with Crippen LogP contribution in [0.25, 0.3) is 11.2 Å². The molecular weight excluding hydrogens is 292 g/mol. The highest BCUT2D eigenvalue weighted by molar-refractivity contribution is 5.86. The molecule has 2 aromatic heterocycles. The van der Waals surface area contributed by atoms with Gasteiger partial charge < -0.3 is 20.3 Å². The molecule has 0 amide bonds. The number of phenolic OH excluding ortho intramolecular Hbond substituents is 1. The van der Waals surface area contributed by atoms with E-state index in [0.29, 0.717) is 17.3 Å². The third kappa shape index (κ3) is 3.03. The highest BCUT2D eigenvalue weighted by atomic mass is 16.3. The maximum absolute atomic E-state index is 9.62. The topological polar surface area (TPSA) is 87.9 Å². The highest BCUT2D eigenvalue weighted by Gasteiger charge is 2.15. The summed E-state index contributed by atoms with van der Waals surface area (Å²) in [5, 5.41) is 16.0. The van der Waals surface area contributed by atoms with Gasteiger partial charge in [-0.1, -0.05) is 6.07 Å². The molecule has 0 saturated carbocycles. The zero-order chi connectivity index (χ0) is 16.4. The zero-order valence-electron chi connectivity index (χ0n) is 13.4. The Hall–Kier alpha value is -2.83. The van der Waals surface area contributed by atoms with Crippen LogP contribution in [0, 0.1) is 0 Å². The van der Waals surface area contributed by atoms with E-state index in [4.69, 9.17) is 0 Å². The van der Waals surface area contributed by atoms with Gasteiger partial charge in [0.15, 0.2) is 17.0 Å². The summed E-state index contributed by atoms with van der Waals surface area (Å²) in [4.78, 5) is 13.5. The molecule has 23 heavy (non-hydrogen) atoms. The maximum Gasteiger partial charge on any atom is 0.226 e. The number of nitrogens with zero attached hydrogens (tertiary/aromatic N) is 4. The third-order valence-electron chi connectivity index (χ3n) is 3.42. The van der Waals surface area contributed by atoms with Gasteiger partial charge in [-0.25, -0.2) is 4.98 Å². The first kappa shape index (κ1) is 15.1. The van der Waals surface area contributed by atoms with Crippen LogP contribution in [-0.2, 0) is 0 Å². The summed E-state index contributed by atoms with van der Waals surface area (Å²) < 4.78 is 2.01. The molecule has 0 atom stereocenters. The van der Waals surface area contributed by atoms with Gasteiger partial charge in [0.1, 0.15) is 5.75 Å². The van der Waals surface area contributed by atoms with Gasteiger partial charge in [-0.3, -0.25) is 0 Å². The predicted molar refractivity (Wildman–Crippen MR) is 91.3 cm³/mol. The minimum Gasteiger partial charge on any atom is -0.508 e. The Balaban J connectivity index is 2.10. The normalized spacial score (nSPS) is 11.1. The van der Waals surface area contributed by atoms with Crippen molar-refractivity contribution in [3.05, 3.63) is 30.6 Å². The van der Waals surface area contributed by atoms with Crippen LogP contribution in [0.1, 0.15) is 26.8 Å². The lowest BCUT2D eigenvalue weighted by atomic mass is 10.3. The van der Waals surface area contributed by atoms with Gasteiger partial charge in [0, 0.05) is 24.3 Å². The predicted octanol–water partition coefficient (Wildman–Crippen LogP) is 3.29. The summed E-state index contributed by atoms with van der Waals surface area (Å²) in [7, 11) is 0. The monoisotopic (exact) mass is 312 g/mol. The molecule has 120 valence electrons. The molecule has 0 unspecified atom stereocenters. The molecule has 1 aromatic carbocycles. The molecule has 0 fully saturated rings. The van der Waals surface area contributed by atoms with Crippen LogP contribution < -0.4 is 10.6 Å². The minimum atomic E-state index is 0.194. The minimum absolute atomic E-state index is 0.194. The fraction of sp³-hybridized carbons (Fsp3) is 0.312. The fourth-order valence-electron chi connectivity index (χ4n) is 2.34. The number of fused-ring (bicyclic) bond motifs is 1. The van der Waals surface area contributed by atoms with E-state index in [2.05, 4.69) is 39.4 Å². The van der Waals surface area contributed by atoms with Crippen molar-refractivity contribution in [3.63, 3.8) is 0 Å². The number of phenols is 1.